The molecule has 0 fully saturated rings. The summed E-state index contributed by atoms with van der Waals surface area (Å²) in [7, 11) is 3.61. The molecule has 1 aliphatic rings. The van der Waals surface area contributed by atoms with E-state index in [-0.39, 0.29) is 18.2 Å². The van der Waals surface area contributed by atoms with Crippen molar-refractivity contribution in [1.82, 2.24) is 20.2 Å². The second-order valence-corrected chi connectivity index (χ2v) is 13.7. The highest BCUT2D eigenvalue weighted by Crippen LogP contribution is 2.50. The Morgan fingerprint density at radius 2 is 1.86 bits per heavy atom. The largest absolute Gasteiger partial charge is 0.444 e. The molecule has 2 atom stereocenters. The molecule has 9 nitrogen and oxygen atoms in total. The predicted molar refractivity (Wildman–Crippen MR) is 181 cm³/mol. The molecule has 4 heterocycles. The van der Waals surface area contributed by atoms with Gasteiger partial charge in [-0.1, -0.05) is 6.07 Å². The molecular formula is C33H43N5O4S2. The molecule has 1 amide bonds. The average Bonchev–Trinajstić information content (AvgIpc) is 3.57. The molecule has 0 aliphatic carbocycles. The lowest BCUT2D eigenvalue weighted by Crippen LogP contribution is -2.46. The summed E-state index contributed by atoms with van der Waals surface area (Å²) in [5.41, 5.74) is 5.19. The Bertz CT molecular complexity index is 1550. The number of pyridine rings is 1. The molecule has 11 heteroatoms. The zero-order valence-electron chi connectivity index (χ0n) is 26.6. The van der Waals surface area contributed by atoms with Crippen LogP contribution in [0.3, 0.4) is 0 Å². The maximum Gasteiger partial charge on any atom is 0.411 e. The molecule has 236 valence electrons. The summed E-state index contributed by atoms with van der Waals surface area (Å²) in [6, 6.07) is 10.4. The van der Waals surface area contributed by atoms with E-state index in [0.717, 1.165) is 57.1 Å². The van der Waals surface area contributed by atoms with Crippen LogP contribution in [0.1, 0.15) is 57.5 Å². The molecule has 2 N–H and O–H groups in total. The topological polar surface area (TPSA) is 106 Å². The Hall–Kier alpha value is -3.38. The Labute approximate surface area is 268 Å². The number of amides is 1. The van der Waals surface area contributed by atoms with Crippen LogP contribution in [0.15, 0.2) is 42.7 Å². The van der Waals surface area contributed by atoms with Gasteiger partial charge in [0, 0.05) is 62.5 Å². The third-order valence-electron chi connectivity index (χ3n) is 7.18. The highest BCUT2D eigenvalue weighted by Gasteiger charge is 2.39. The van der Waals surface area contributed by atoms with E-state index in [9.17, 15) is 9.59 Å². The number of methoxy groups -OCH3 is 1. The van der Waals surface area contributed by atoms with Crippen molar-refractivity contribution in [3.63, 3.8) is 0 Å². The van der Waals surface area contributed by atoms with Gasteiger partial charge in [0.2, 0.25) is 0 Å². The molecule has 5 rings (SSSR count). The summed E-state index contributed by atoms with van der Waals surface area (Å²) in [6.45, 7) is 12.2. The van der Waals surface area contributed by atoms with Crippen LogP contribution in [0.2, 0.25) is 0 Å². The summed E-state index contributed by atoms with van der Waals surface area (Å²) in [5.74, 6) is 0. The predicted octanol–water partition coefficient (Wildman–Crippen LogP) is 7.18. The molecule has 0 radical (unpaired) electrons. The minimum Gasteiger partial charge on any atom is -0.444 e. The fourth-order valence-corrected chi connectivity index (χ4v) is 7.52. The quantitative estimate of drug-likeness (QED) is 0.147. The van der Waals surface area contributed by atoms with Crippen molar-refractivity contribution in [2.24, 2.45) is 0 Å². The molecule has 1 aromatic carbocycles. The molecule has 0 saturated heterocycles. The van der Waals surface area contributed by atoms with E-state index in [4.69, 9.17) is 14.5 Å². The van der Waals surface area contributed by atoms with Crippen molar-refractivity contribution in [2.75, 3.05) is 39.2 Å². The fraction of sp³-hybridized carbons (Fsp3) is 0.455. The van der Waals surface area contributed by atoms with Crippen molar-refractivity contribution < 1.29 is 19.1 Å². The Balaban J connectivity index is 0.000000429. The first-order valence-electron chi connectivity index (χ1n) is 14.9. The number of nitrogens with one attached hydrogen (secondary N) is 2. The Morgan fingerprint density at radius 1 is 1.11 bits per heavy atom. The maximum atomic E-state index is 13.0. The second-order valence-electron chi connectivity index (χ2n) is 11.7. The number of rotatable bonds is 9. The van der Waals surface area contributed by atoms with Crippen LogP contribution >= 0.6 is 22.7 Å². The summed E-state index contributed by atoms with van der Waals surface area (Å²) in [5, 5.41) is 8.53. The Morgan fingerprint density at radius 3 is 2.52 bits per heavy atom. The highest BCUT2D eigenvalue weighted by molar-refractivity contribution is 7.22. The van der Waals surface area contributed by atoms with Crippen molar-refractivity contribution in [2.45, 2.75) is 65.1 Å². The SMILES string of the molecule is CNc1sc2c(c1-c1nc3cc(-c4ccncc4)ccc3s1)CC(C)N(C(=O)OC(C)(C)C)C2C.COCCNCCC=O. The lowest BCUT2D eigenvalue weighted by Gasteiger charge is -2.39. The van der Waals surface area contributed by atoms with E-state index in [1.807, 2.05) is 57.2 Å². The third-order valence-corrected chi connectivity index (χ3v) is 9.65. The van der Waals surface area contributed by atoms with Gasteiger partial charge in [-0.15, -0.1) is 22.7 Å². The number of thiophene rings is 1. The van der Waals surface area contributed by atoms with E-state index in [2.05, 4.69) is 47.7 Å². The second kappa shape index (κ2) is 15.1. The number of thiazole rings is 1. The van der Waals surface area contributed by atoms with Crippen LogP contribution in [-0.4, -0.2) is 72.7 Å². The molecule has 0 bridgehead atoms. The molecule has 2 unspecified atom stereocenters. The number of benzene rings is 1. The number of fused-ring (bicyclic) bond motifs is 2. The number of hydrogen-bond donors (Lipinski definition) is 2. The van der Waals surface area contributed by atoms with E-state index in [0.29, 0.717) is 13.0 Å². The van der Waals surface area contributed by atoms with E-state index in [1.165, 1.54) is 16.0 Å². The number of ether oxygens (including phenoxy) is 2. The van der Waals surface area contributed by atoms with Crippen LogP contribution in [-0.2, 0) is 20.7 Å². The summed E-state index contributed by atoms with van der Waals surface area (Å²) >= 11 is 3.43. The standard InChI is InChI=1S/C27H30N4O2S2.C6H13NO2/c1-15-13-19-22(24(28-6)35-23(19)16(2)31(15)26(32)33-27(3,4)5)25-30-20-14-18(7-8-21(20)34-25)17-9-11-29-12-10-17;1-9-6-4-7-3-2-5-8/h7-12,14-16,28H,13H2,1-6H3;5,7H,2-4,6H2,1H3. The number of hydrogen-bond acceptors (Lipinski definition) is 10. The van der Waals surface area contributed by atoms with E-state index >= 15 is 0 Å². The highest BCUT2D eigenvalue weighted by atomic mass is 32.1. The minimum atomic E-state index is -0.524. The number of aromatic nitrogens is 2. The zero-order chi connectivity index (χ0) is 31.9. The van der Waals surface area contributed by atoms with Gasteiger partial charge in [-0.3, -0.25) is 9.88 Å². The van der Waals surface area contributed by atoms with Crippen LogP contribution in [0.25, 0.3) is 31.9 Å². The van der Waals surface area contributed by atoms with E-state index in [1.54, 1.807) is 29.8 Å². The fourth-order valence-electron chi connectivity index (χ4n) is 5.20. The first kappa shape index (κ1) is 33.5. The van der Waals surface area contributed by atoms with Gasteiger partial charge >= 0.3 is 6.09 Å². The lowest BCUT2D eigenvalue weighted by molar-refractivity contribution is -0.107. The molecule has 44 heavy (non-hydrogen) atoms. The van der Waals surface area contributed by atoms with Crippen molar-refractivity contribution in [3.8, 4) is 21.7 Å². The van der Waals surface area contributed by atoms with E-state index < -0.39 is 5.60 Å². The van der Waals surface area contributed by atoms with Crippen molar-refractivity contribution in [1.29, 1.82) is 0 Å². The van der Waals surface area contributed by atoms with Crippen LogP contribution < -0.4 is 10.6 Å². The number of carbonyl (C=O) groups excluding carboxylic acids is 2. The Kier molecular flexibility index (Phi) is 11.5. The van der Waals surface area contributed by atoms with Crippen LogP contribution in [0, 0.1) is 0 Å². The summed E-state index contributed by atoms with van der Waals surface area (Å²) in [6.07, 6.45) is 5.62. The molecule has 3 aromatic heterocycles. The molecule has 0 saturated carbocycles. The number of anilines is 1. The average molecular weight is 638 g/mol. The number of aldehydes is 1. The van der Waals surface area contributed by atoms with Gasteiger partial charge in [0.15, 0.2) is 0 Å². The summed E-state index contributed by atoms with van der Waals surface area (Å²) < 4.78 is 11.7. The van der Waals surface area contributed by atoms with Crippen LogP contribution in [0.5, 0.6) is 0 Å². The molecule has 0 spiro atoms. The molecular weight excluding hydrogens is 595 g/mol. The minimum absolute atomic E-state index is 0.0260. The normalized spacial score (nSPS) is 16.2. The molecule has 1 aliphatic heterocycles. The van der Waals surface area contributed by atoms with Gasteiger partial charge in [-0.05, 0) is 82.0 Å². The van der Waals surface area contributed by atoms with Gasteiger partial charge in [-0.2, -0.15) is 0 Å². The van der Waals surface area contributed by atoms with Gasteiger partial charge in [-0.25, -0.2) is 9.78 Å². The van der Waals surface area contributed by atoms with Gasteiger partial charge < -0.3 is 24.9 Å². The number of carbonyl (C=O) groups is 2. The van der Waals surface area contributed by atoms with Crippen molar-refractivity contribution in [3.05, 3.63) is 53.2 Å². The van der Waals surface area contributed by atoms with Gasteiger partial charge in [0.25, 0.3) is 0 Å². The first-order chi connectivity index (χ1) is 21.1. The smallest absolute Gasteiger partial charge is 0.411 e. The lowest BCUT2D eigenvalue weighted by atomic mass is 9.93. The maximum absolute atomic E-state index is 13.0. The first-order valence-corrected chi connectivity index (χ1v) is 16.5. The molecule has 4 aromatic rings. The van der Waals surface area contributed by atoms with Gasteiger partial charge in [0.1, 0.15) is 16.9 Å². The number of nitrogens with zero attached hydrogens (tertiary/aromatic N) is 3. The third kappa shape index (κ3) is 8.01. The summed E-state index contributed by atoms with van der Waals surface area (Å²) in [4.78, 5) is 35.1. The van der Waals surface area contributed by atoms with Gasteiger partial charge in [0.05, 0.1) is 27.9 Å². The monoisotopic (exact) mass is 637 g/mol. The van der Waals surface area contributed by atoms with Crippen molar-refractivity contribution >= 4 is 50.3 Å². The zero-order valence-corrected chi connectivity index (χ0v) is 28.2. The van der Waals surface area contributed by atoms with Crippen LogP contribution in [0.4, 0.5) is 9.80 Å².